The van der Waals surface area contributed by atoms with Gasteiger partial charge in [-0.05, 0) is 59.3 Å². The molecule has 1 aliphatic rings. The fourth-order valence-electron chi connectivity index (χ4n) is 3.34. The number of hydrogen-bond donors (Lipinski definition) is 0. The second-order valence-corrected chi connectivity index (χ2v) is 9.46. The van der Waals surface area contributed by atoms with Gasteiger partial charge >= 0.3 is 0 Å². The minimum Gasteiger partial charge on any atom is -0.379 e. The summed E-state index contributed by atoms with van der Waals surface area (Å²) in [6.07, 6.45) is 0.881. The first kappa shape index (κ1) is 23.7. The van der Waals surface area contributed by atoms with E-state index in [9.17, 15) is 4.79 Å². The van der Waals surface area contributed by atoms with Crippen LogP contribution >= 0.6 is 57.9 Å². The lowest BCUT2D eigenvalue weighted by Crippen LogP contribution is -2.39. The van der Waals surface area contributed by atoms with Crippen molar-refractivity contribution in [3.05, 3.63) is 56.6 Å². The van der Waals surface area contributed by atoms with E-state index in [0.717, 1.165) is 53.1 Å². The van der Waals surface area contributed by atoms with Gasteiger partial charge in [0.25, 0.3) is 5.91 Å². The summed E-state index contributed by atoms with van der Waals surface area (Å²) in [6, 6.07) is 13.3. The van der Waals surface area contributed by atoms with Gasteiger partial charge in [0.1, 0.15) is 0 Å². The van der Waals surface area contributed by atoms with Crippen LogP contribution in [0.1, 0.15) is 16.8 Å². The summed E-state index contributed by atoms with van der Waals surface area (Å²) < 4.78 is 7.35. The zero-order valence-corrected chi connectivity index (χ0v) is 20.8. The van der Waals surface area contributed by atoms with Crippen molar-refractivity contribution in [1.29, 1.82) is 0 Å². The number of carbonyl (C=O) groups is 1. The van der Waals surface area contributed by atoms with Gasteiger partial charge in [0.05, 0.1) is 29.0 Å². The van der Waals surface area contributed by atoms with Crippen LogP contribution in [0, 0.1) is 3.57 Å². The van der Waals surface area contributed by atoms with E-state index in [-0.39, 0.29) is 18.3 Å². The summed E-state index contributed by atoms with van der Waals surface area (Å²) in [4.78, 5) is 22.3. The van der Waals surface area contributed by atoms with E-state index >= 15 is 0 Å². The Morgan fingerprint density at radius 1 is 1.23 bits per heavy atom. The maximum absolute atomic E-state index is 13.4. The third-order valence-corrected chi connectivity index (χ3v) is 7.10. The number of morpholine rings is 1. The third kappa shape index (κ3) is 5.63. The van der Waals surface area contributed by atoms with Gasteiger partial charge in [-0.3, -0.25) is 14.6 Å². The molecule has 1 aromatic heterocycles. The van der Waals surface area contributed by atoms with Gasteiger partial charge in [0.15, 0.2) is 5.13 Å². The Bertz CT molecular complexity index is 1010. The van der Waals surface area contributed by atoms with Gasteiger partial charge < -0.3 is 4.74 Å². The van der Waals surface area contributed by atoms with Crippen molar-refractivity contribution in [2.45, 2.75) is 6.42 Å². The van der Waals surface area contributed by atoms with Crippen LogP contribution in [0.25, 0.3) is 10.2 Å². The highest BCUT2D eigenvalue weighted by Gasteiger charge is 2.23. The molecule has 1 saturated heterocycles. The summed E-state index contributed by atoms with van der Waals surface area (Å²) in [5, 5.41) is 1.39. The smallest absolute Gasteiger partial charge is 0.261 e. The summed E-state index contributed by atoms with van der Waals surface area (Å²) in [5.74, 6) is -0.0119. The molecular weight excluding hydrogens is 556 g/mol. The van der Waals surface area contributed by atoms with E-state index in [1.165, 1.54) is 11.3 Å². The Morgan fingerprint density at radius 3 is 2.77 bits per heavy atom. The molecule has 2 heterocycles. The first-order chi connectivity index (χ1) is 14.1. The number of anilines is 1. The van der Waals surface area contributed by atoms with E-state index in [2.05, 4.69) is 27.5 Å². The second-order valence-electron chi connectivity index (χ2n) is 6.85. The summed E-state index contributed by atoms with van der Waals surface area (Å²) in [5.41, 5.74) is 1.57. The van der Waals surface area contributed by atoms with E-state index in [1.54, 1.807) is 0 Å². The van der Waals surface area contributed by atoms with Crippen molar-refractivity contribution >= 4 is 79.2 Å². The van der Waals surface area contributed by atoms with Crippen molar-refractivity contribution in [2.24, 2.45) is 0 Å². The molecule has 30 heavy (non-hydrogen) atoms. The fraction of sp³-hybridized carbons (Fsp3) is 0.333. The molecule has 4 rings (SSSR count). The average Bonchev–Trinajstić information content (AvgIpc) is 3.14. The van der Waals surface area contributed by atoms with Gasteiger partial charge in [-0.2, -0.15) is 0 Å². The monoisotopic (exact) mass is 577 g/mol. The van der Waals surface area contributed by atoms with Crippen LogP contribution in [0.5, 0.6) is 0 Å². The van der Waals surface area contributed by atoms with Crippen LogP contribution in [-0.2, 0) is 4.74 Å². The molecule has 3 aromatic rings. The molecule has 1 aliphatic heterocycles. The lowest BCUT2D eigenvalue weighted by Gasteiger charge is -2.27. The van der Waals surface area contributed by atoms with Crippen molar-refractivity contribution in [3.8, 4) is 0 Å². The molecule has 0 radical (unpaired) electrons. The van der Waals surface area contributed by atoms with Gasteiger partial charge in [0, 0.05) is 34.8 Å². The number of thiazole rings is 1. The van der Waals surface area contributed by atoms with Crippen LogP contribution < -0.4 is 4.90 Å². The molecule has 2 aromatic carbocycles. The minimum absolute atomic E-state index is 0. The molecule has 1 amide bonds. The topological polar surface area (TPSA) is 45.7 Å². The SMILES string of the molecule is Cl.O=C(c1ccccc1I)N(CCCN1CCOCC1)c1nc2ccc(Cl)cc2s1. The first-order valence-electron chi connectivity index (χ1n) is 9.54. The number of halogens is 3. The highest BCUT2D eigenvalue weighted by molar-refractivity contribution is 14.1. The molecule has 1 fully saturated rings. The van der Waals surface area contributed by atoms with Crippen LogP contribution in [0.4, 0.5) is 5.13 Å². The third-order valence-electron chi connectivity index (χ3n) is 4.88. The predicted octanol–water partition coefficient (Wildman–Crippen LogP) is 5.35. The molecule has 0 bridgehead atoms. The molecule has 160 valence electrons. The van der Waals surface area contributed by atoms with Crippen molar-refractivity contribution < 1.29 is 9.53 Å². The number of carbonyl (C=O) groups excluding carboxylic acids is 1. The predicted molar refractivity (Wildman–Crippen MR) is 135 cm³/mol. The number of rotatable bonds is 6. The number of amides is 1. The largest absolute Gasteiger partial charge is 0.379 e. The van der Waals surface area contributed by atoms with Gasteiger partial charge in [0.2, 0.25) is 0 Å². The van der Waals surface area contributed by atoms with E-state index in [1.807, 2.05) is 47.4 Å². The van der Waals surface area contributed by atoms with Crippen molar-refractivity contribution in [2.75, 3.05) is 44.3 Å². The molecule has 0 aliphatic carbocycles. The lowest BCUT2D eigenvalue weighted by molar-refractivity contribution is 0.0376. The Morgan fingerprint density at radius 2 is 2.00 bits per heavy atom. The quantitative estimate of drug-likeness (QED) is 0.371. The maximum Gasteiger partial charge on any atom is 0.261 e. The normalized spacial score (nSPS) is 14.5. The first-order valence-corrected chi connectivity index (χ1v) is 11.8. The number of benzene rings is 2. The summed E-state index contributed by atoms with van der Waals surface area (Å²) in [7, 11) is 0. The lowest BCUT2D eigenvalue weighted by atomic mass is 10.2. The summed E-state index contributed by atoms with van der Waals surface area (Å²) >= 11 is 9.86. The van der Waals surface area contributed by atoms with Crippen LogP contribution in [0.3, 0.4) is 0 Å². The average molecular weight is 578 g/mol. The fourth-order valence-corrected chi connectivity index (χ4v) is 5.23. The number of hydrogen-bond acceptors (Lipinski definition) is 5. The van der Waals surface area contributed by atoms with Crippen molar-refractivity contribution in [3.63, 3.8) is 0 Å². The number of fused-ring (bicyclic) bond motifs is 1. The highest BCUT2D eigenvalue weighted by atomic mass is 127. The Hall–Kier alpha value is -0.970. The number of aromatic nitrogens is 1. The van der Waals surface area contributed by atoms with Crippen LogP contribution in [-0.4, -0.2) is 55.2 Å². The van der Waals surface area contributed by atoms with Crippen molar-refractivity contribution in [1.82, 2.24) is 9.88 Å². The standard InChI is InChI=1S/C21H21ClIN3O2S.ClH/c22-15-6-7-18-19(14-15)29-21(24-18)26(9-3-8-25-10-12-28-13-11-25)20(27)16-4-1-2-5-17(16)23;/h1-2,4-7,14H,3,8-13H2;1H. The van der Waals surface area contributed by atoms with Gasteiger partial charge in [-0.1, -0.05) is 35.1 Å². The zero-order valence-electron chi connectivity index (χ0n) is 16.2. The Labute approximate surface area is 204 Å². The van der Waals surface area contributed by atoms with Crippen LogP contribution in [0.2, 0.25) is 5.02 Å². The van der Waals surface area contributed by atoms with E-state index < -0.39 is 0 Å². The number of ether oxygens (including phenoxy) is 1. The summed E-state index contributed by atoms with van der Waals surface area (Å²) in [6.45, 7) is 5.02. The molecule has 5 nitrogen and oxygen atoms in total. The molecule has 0 N–H and O–H groups in total. The minimum atomic E-state index is -0.0119. The Balaban J connectivity index is 0.00000256. The second kappa shape index (κ2) is 11.1. The Kier molecular flexibility index (Phi) is 8.73. The van der Waals surface area contributed by atoms with Crippen LogP contribution in [0.15, 0.2) is 42.5 Å². The maximum atomic E-state index is 13.4. The number of nitrogens with zero attached hydrogens (tertiary/aromatic N) is 3. The molecule has 0 unspecified atom stereocenters. The molecule has 0 atom stereocenters. The van der Waals surface area contributed by atoms with Gasteiger partial charge in [-0.15, -0.1) is 12.4 Å². The van der Waals surface area contributed by atoms with E-state index in [0.29, 0.717) is 22.3 Å². The molecular formula is C21H22Cl2IN3O2S. The highest BCUT2D eigenvalue weighted by Crippen LogP contribution is 2.32. The molecule has 0 spiro atoms. The molecule has 9 heteroatoms. The van der Waals surface area contributed by atoms with E-state index in [4.69, 9.17) is 21.3 Å². The molecule has 0 saturated carbocycles. The zero-order chi connectivity index (χ0) is 20.2. The van der Waals surface area contributed by atoms with Gasteiger partial charge in [-0.25, -0.2) is 4.98 Å².